The van der Waals surface area contributed by atoms with Crippen LogP contribution >= 0.6 is 0 Å². The number of hydrogen-bond acceptors (Lipinski definition) is 3. The lowest BCUT2D eigenvalue weighted by Gasteiger charge is -2.31. The fraction of sp³-hybridized carbons (Fsp3) is 0.276. The molecule has 3 nitrogen and oxygen atoms in total. The number of nitrogens with zero attached hydrogens (tertiary/aromatic N) is 1. The molecule has 0 bridgehead atoms. The maximum atomic E-state index is 6.64. The number of hydrogen-bond donors (Lipinski definition) is 1. The summed E-state index contributed by atoms with van der Waals surface area (Å²) in [5.41, 5.74) is 9.69. The van der Waals surface area contributed by atoms with Gasteiger partial charge < -0.3 is 10.1 Å². The van der Waals surface area contributed by atoms with Crippen LogP contribution in [0.3, 0.4) is 0 Å². The number of benzene rings is 2. The third kappa shape index (κ3) is 4.47. The summed E-state index contributed by atoms with van der Waals surface area (Å²) in [7, 11) is 0. The highest BCUT2D eigenvalue weighted by molar-refractivity contribution is 5.83. The molecule has 0 saturated heterocycles. The maximum Gasteiger partial charge on any atom is 0.135 e. The minimum absolute atomic E-state index is 0.991. The Balaban J connectivity index is 1.44. The number of nitrogens with one attached hydrogen (secondary N) is 1. The molecule has 0 radical (unpaired) electrons. The average molecular weight is 423 g/mol. The van der Waals surface area contributed by atoms with Gasteiger partial charge in [0, 0.05) is 29.2 Å². The predicted octanol–water partition coefficient (Wildman–Crippen LogP) is 7.83. The topological polar surface area (TPSA) is 33.6 Å². The zero-order valence-electron chi connectivity index (χ0n) is 18.9. The fourth-order valence-corrected chi connectivity index (χ4v) is 4.68. The van der Waals surface area contributed by atoms with E-state index in [1.807, 2.05) is 6.21 Å². The second-order valence-corrected chi connectivity index (χ2v) is 8.97. The van der Waals surface area contributed by atoms with E-state index in [2.05, 4.69) is 80.0 Å². The van der Waals surface area contributed by atoms with Crippen LogP contribution in [0, 0.1) is 13.8 Å². The fourth-order valence-electron chi connectivity index (χ4n) is 4.68. The van der Waals surface area contributed by atoms with Crippen LogP contribution in [0.1, 0.15) is 49.7 Å². The summed E-state index contributed by atoms with van der Waals surface area (Å²) >= 11 is 0. The van der Waals surface area contributed by atoms with Crippen molar-refractivity contribution in [1.29, 1.82) is 0 Å². The SMILES string of the molecule is Cc1cccc(N=CC2=C3OC4=C(C=C3CCC2)CCCC4=CNc2cccc(C)c2)c1. The monoisotopic (exact) mass is 422 g/mol. The second kappa shape index (κ2) is 9.04. The highest BCUT2D eigenvalue weighted by Gasteiger charge is 2.28. The standard InChI is InChI=1S/C29H30N2O/c1-20-7-3-13-26(15-20)30-18-24-11-5-9-22-17-23-10-6-12-25(29(23)32-28(22)24)19-31-27-14-4-8-21(2)16-27/h3-4,7-8,13-19,30H,5-6,9-12H2,1-2H3. The van der Waals surface area contributed by atoms with E-state index in [0.29, 0.717) is 0 Å². The van der Waals surface area contributed by atoms with Gasteiger partial charge in [-0.2, -0.15) is 0 Å². The highest BCUT2D eigenvalue weighted by Crippen LogP contribution is 2.42. The van der Waals surface area contributed by atoms with Crippen molar-refractivity contribution >= 4 is 17.6 Å². The number of rotatable bonds is 4. The van der Waals surface area contributed by atoms with E-state index >= 15 is 0 Å². The molecule has 1 N–H and O–H groups in total. The Bertz CT molecular complexity index is 1190. The molecule has 0 spiro atoms. The van der Waals surface area contributed by atoms with E-state index in [4.69, 9.17) is 9.73 Å². The normalized spacial score (nSPS) is 19.6. The molecule has 1 aliphatic heterocycles. The second-order valence-electron chi connectivity index (χ2n) is 8.97. The Morgan fingerprint density at radius 3 is 2.53 bits per heavy atom. The Morgan fingerprint density at radius 1 is 0.875 bits per heavy atom. The van der Waals surface area contributed by atoms with E-state index in [9.17, 15) is 0 Å². The number of ether oxygens (including phenoxy) is 1. The number of anilines is 1. The van der Waals surface area contributed by atoms with Crippen molar-refractivity contribution in [2.75, 3.05) is 5.32 Å². The summed E-state index contributed by atoms with van der Waals surface area (Å²) in [6, 6.07) is 16.8. The van der Waals surface area contributed by atoms with Gasteiger partial charge in [0.2, 0.25) is 0 Å². The highest BCUT2D eigenvalue weighted by atomic mass is 16.5. The van der Waals surface area contributed by atoms with Crippen molar-refractivity contribution in [3.8, 4) is 0 Å². The molecule has 2 aliphatic carbocycles. The summed E-state index contributed by atoms with van der Waals surface area (Å²) in [6.07, 6.45) is 13.0. The van der Waals surface area contributed by atoms with E-state index in [1.54, 1.807) is 0 Å². The minimum Gasteiger partial charge on any atom is -0.456 e. The average Bonchev–Trinajstić information content (AvgIpc) is 2.80. The zero-order chi connectivity index (χ0) is 21.9. The summed E-state index contributed by atoms with van der Waals surface area (Å²) in [5.74, 6) is 2.06. The van der Waals surface area contributed by atoms with Crippen molar-refractivity contribution in [2.24, 2.45) is 4.99 Å². The van der Waals surface area contributed by atoms with Crippen LogP contribution in [0.2, 0.25) is 0 Å². The largest absolute Gasteiger partial charge is 0.456 e. The molecule has 3 heteroatoms. The van der Waals surface area contributed by atoms with Gasteiger partial charge in [-0.05, 0) is 105 Å². The molecule has 32 heavy (non-hydrogen) atoms. The van der Waals surface area contributed by atoms with E-state index in [1.165, 1.54) is 33.4 Å². The maximum absolute atomic E-state index is 6.64. The van der Waals surface area contributed by atoms with Crippen LogP contribution in [-0.4, -0.2) is 6.21 Å². The summed E-state index contributed by atoms with van der Waals surface area (Å²) in [4.78, 5) is 4.76. The van der Waals surface area contributed by atoms with Gasteiger partial charge in [0.05, 0.1) is 5.69 Å². The Morgan fingerprint density at radius 2 is 1.69 bits per heavy atom. The van der Waals surface area contributed by atoms with Crippen LogP contribution in [-0.2, 0) is 4.74 Å². The molecular formula is C29H30N2O. The molecule has 0 fully saturated rings. The molecular weight excluding hydrogens is 392 g/mol. The third-order valence-electron chi connectivity index (χ3n) is 6.31. The first-order valence-electron chi connectivity index (χ1n) is 11.6. The number of allylic oxidation sites excluding steroid dienone is 5. The quantitative estimate of drug-likeness (QED) is 0.509. The van der Waals surface area contributed by atoms with Crippen LogP contribution < -0.4 is 5.32 Å². The van der Waals surface area contributed by atoms with Crippen molar-refractivity contribution in [2.45, 2.75) is 52.4 Å². The predicted molar refractivity (Wildman–Crippen MR) is 133 cm³/mol. The van der Waals surface area contributed by atoms with Gasteiger partial charge in [0.25, 0.3) is 0 Å². The van der Waals surface area contributed by atoms with Crippen LogP contribution in [0.25, 0.3) is 0 Å². The Labute approximate surface area is 190 Å². The Hall–Kier alpha value is -3.33. The molecule has 5 rings (SSSR count). The van der Waals surface area contributed by atoms with Gasteiger partial charge in [-0.3, -0.25) is 4.99 Å². The first-order chi connectivity index (χ1) is 15.7. The number of fused-ring (bicyclic) bond motifs is 1. The lowest BCUT2D eigenvalue weighted by atomic mass is 9.86. The third-order valence-corrected chi connectivity index (χ3v) is 6.31. The van der Waals surface area contributed by atoms with Crippen molar-refractivity contribution in [1.82, 2.24) is 0 Å². The van der Waals surface area contributed by atoms with Crippen molar-refractivity contribution < 1.29 is 4.74 Å². The van der Waals surface area contributed by atoms with Gasteiger partial charge in [0.1, 0.15) is 11.5 Å². The van der Waals surface area contributed by atoms with Gasteiger partial charge >= 0.3 is 0 Å². The lowest BCUT2D eigenvalue weighted by Crippen LogP contribution is -2.16. The smallest absolute Gasteiger partial charge is 0.135 e. The van der Waals surface area contributed by atoms with Gasteiger partial charge in [-0.15, -0.1) is 0 Å². The molecule has 1 heterocycles. The molecule has 0 unspecified atom stereocenters. The van der Waals surface area contributed by atoms with Crippen molar-refractivity contribution in [3.05, 3.63) is 106 Å². The van der Waals surface area contributed by atoms with Gasteiger partial charge in [-0.1, -0.05) is 24.3 Å². The molecule has 162 valence electrons. The first kappa shape index (κ1) is 20.6. The molecule has 2 aromatic carbocycles. The zero-order valence-corrected chi connectivity index (χ0v) is 18.9. The molecule has 3 aliphatic rings. The van der Waals surface area contributed by atoms with Crippen LogP contribution in [0.5, 0.6) is 0 Å². The van der Waals surface area contributed by atoms with Gasteiger partial charge in [-0.25, -0.2) is 0 Å². The molecule has 2 aromatic rings. The van der Waals surface area contributed by atoms with Crippen molar-refractivity contribution in [3.63, 3.8) is 0 Å². The molecule has 0 atom stereocenters. The number of aliphatic imine (C=N–C) groups is 1. The van der Waals surface area contributed by atoms with E-state index in [0.717, 1.165) is 61.4 Å². The minimum atomic E-state index is 0.991. The first-order valence-corrected chi connectivity index (χ1v) is 11.6. The number of aryl methyl sites for hydroxylation is 2. The van der Waals surface area contributed by atoms with Crippen LogP contribution in [0.15, 0.2) is 99.6 Å². The molecule has 0 aromatic heterocycles. The van der Waals surface area contributed by atoms with E-state index < -0.39 is 0 Å². The van der Waals surface area contributed by atoms with Gasteiger partial charge in [0.15, 0.2) is 0 Å². The van der Waals surface area contributed by atoms with Crippen LogP contribution in [0.4, 0.5) is 11.4 Å². The van der Waals surface area contributed by atoms with E-state index in [-0.39, 0.29) is 0 Å². The molecule has 0 saturated carbocycles. The Kier molecular flexibility index (Phi) is 5.81. The summed E-state index contributed by atoms with van der Waals surface area (Å²) in [6.45, 7) is 4.22. The lowest BCUT2D eigenvalue weighted by molar-refractivity contribution is 0.293. The summed E-state index contributed by atoms with van der Waals surface area (Å²) in [5, 5.41) is 3.48. The molecule has 0 amide bonds. The summed E-state index contributed by atoms with van der Waals surface area (Å²) < 4.78 is 6.64.